The average molecular weight is 407 g/mol. The Bertz CT molecular complexity index is 881. The van der Waals surface area contributed by atoms with Crippen LogP contribution in [0.1, 0.15) is 0 Å². The van der Waals surface area contributed by atoms with E-state index in [0.29, 0.717) is 15.9 Å². The molecular weight excluding hydrogens is 392 g/mol. The minimum absolute atomic E-state index is 0.588. The number of alkyl halides is 3. The lowest BCUT2D eigenvalue weighted by Crippen LogP contribution is -2.36. The molecule has 0 fully saturated rings. The first-order chi connectivity index (χ1) is 12.9. The molecule has 0 saturated carbocycles. The molecule has 3 rings (SSSR count). The van der Waals surface area contributed by atoms with Crippen LogP contribution in [0.5, 0.6) is 0 Å². The van der Waals surface area contributed by atoms with Crippen LogP contribution in [0.25, 0.3) is 0 Å². The molecule has 0 aliphatic heterocycles. The normalized spacial score (nSPS) is 11.9. The van der Waals surface area contributed by atoms with Crippen LogP contribution < -0.4 is 15.9 Å². The zero-order chi connectivity index (χ0) is 19.5. The van der Waals surface area contributed by atoms with E-state index in [2.05, 4.69) is 0 Å². The van der Waals surface area contributed by atoms with Crippen LogP contribution in [0.2, 0.25) is 0 Å². The van der Waals surface area contributed by atoms with E-state index in [1.807, 2.05) is 0 Å². The SMILES string of the molecule is O=C(C(Cl)=P(c1ccccc1)(c1ccccc1)c1ccccc1)C(F)(F)F. The summed E-state index contributed by atoms with van der Waals surface area (Å²) in [6.07, 6.45) is -5.05. The zero-order valence-corrected chi connectivity index (χ0v) is 15.7. The first-order valence-electron chi connectivity index (χ1n) is 8.09. The molecule has 138 valence electrons. The first-order valence-corrected chi connectivity index (χ1v) is 10.3. The highest BCUT2D eigenvalue weighted by atomic mass is 35.5. The molecule has 0 heterocycles. The fraction of sp³-hybridized carbons (Fsp3) is 0.0476. The van der Waals surface area contributed by atoms with E-state index in [9.17, 15) is 18.0 Å². The van der Waals surface area contributed by atoms with E-state index >= 15 is 0 Å². The van der Waals surface area contributed by atoms with Gasteiger partial charge < -0.3 is 0 Å². The zero-order valence-electron chi connectivity index (χ0n) is 14.0. The third-order valence-electron chi connectivity index (χ3n) is 4.17. The van der Waals surface area contributed by atoms with Gasteiger partial charge in [-0.25, -0.2) is 0 Å². The lowest BCUT2D eigenvalue weighted by atomic mass is 10.4. The van der Waals surface area contributed by atoms with Crippen molar-refractivity contribution in [2.75, 3.05) is 0 Å². The van der Waals surface area contributed by atoms with Crippen molar-refractivity contribution in [3.05, 3.63) is 91.0 Å². The number of Topliss-reactive ketones (excluding diaryl/α,β-unsaturated/α-hetero) is 1. The van der Waals surface area contributed by atoms with Gasteiger partial charge in [-0.2, -0.15) is 13.2 Å². The Morgan fingerprint density at radius 1 is 0.667 bits per heavy atom. The van der Waals surface area contributed by atoms with Gasteiger partial charge in [-0.05, 0) is 22.8 Å². The van der Waals surface area contributed by atoms with Crippen LogP contribution in [0.4, 0.5) is 13.2 Å². The minimum atomic E-state index is -5.05. The van der Waals surface area contributed by atoms with E-state index in [1.165, 1.54) is 0 Å². The molecule has 3 aromatic rings. The second kappa shape index (κ2) is 7.75. The van der Waals surface area contributed by atoms with Crippen molar-refractivity contribution in [2.45, 2.75) is 6.18 Å². The predicted molar refractivity (Wildman–Crippen MR) is 107 cm³/mol. The smallest absolute Gasteiger partial charge is 0.283 e. The van der Waals surface area contributed by atoms with E-state index in [4.69, 9.17) is 11.6 Å². The summed E-state index contributed by atoms with van der Waals surface area (Å²) in [7, 11) is 0. The molecule has 0 N–H and O–H groups in total. The summed E-state index contributed by atoms with van der Waals surface area (Å²) in [5, 5.41) is 1.76. The van der Waals surface area contributed by atoms with Gasteiger partial charge in [0, 0.05) is 0 Å². The first kappa shape index (κ1) is 19.5. The third-order valence-corrected chi connectivity index (χ3v) is 9.11. The Morgan fingerprint density at radius 2 is 0.963 bits per heavy atom. The maximum Gasteiger partial charge on any atom is 0.455 e. The van der Waals surface area contributed by atoms with E-state index in [-0.39, 0.29) is 0 Å². The second-order valence-corrected chi connectivity index (χ2v) is 9.77. The summed E-state index contributed by atoms with van der Waals surface area (Å²) in [6, 6.07) is 26.1. The largest absolute Gasteiger partial charge is 0.455 e. The van der Waals surface area contributed by atoms with Crippen LogP contribution >= 0.6 is 18.5 Å². The number of carbonyl (C=O) groups is 1. The molecule has 0 aliphatic rings. The summed E-state index contributed by atoms with van der Waals surface area (Å²) in [6.45, 7) is -3.18. The van der Waals surface area contributed by atoms with Crippen molar-refractivity contribution in [1.82, 2.24) is 0 Å². The van der Waals surface area contributed by atoms with Crippen LogP contribution in [-0.4, -0.2) is 16.7 Å². The molecule has 0 atom stereocenters. The molecular formula is C21H15ClF3OP. The highest BCUT2D eigenvalue weighted by Gasteiger charge is 2.45. The molecule has 0 radical (unpaired) electrons. The Morgan fingerprint density at radius 3 is 1.22 bits per heavy atom. The van der Waals surface area contributed by atoms with Crippen molar-refractivity contribution in [3.63, 3.8) is 0 Å². The van der Waals surface area contributed by atoms with Gasteiger partial charge in [0.25, 0.3) is 5.78 Å². The number of hydrogen-bond acceptors (Lipinski definition) is 1. The lowest BCUT2D eigenvalue weighted by Gasteiger charge is -2.30. The molecule has 0 aromatic heterocycles. The van der Waals surface area contributed by atoms with Crippen LogP contribution in [0.15, 0.2) is 91.0 Å². The topological polar surface area (TPSA) is 17.1 Å². The summed E-state index contributed by atoms with van der Waals surface area (Å²) in [5.41, 5.74) is 0. The molecule has 6 heteroatoms. The molecule has 0 aliphatic carbocycles. The fourth-order valence-corrected chi connectivity index (χ4v) is 7.86. The van der Waals surface area contributed by atoms with Gasteiger partial charge >= 0.3 is 6.18 Å². The number of ketones is 1. The maximum absolute atomic E-state index is 13.3. The highest BCUT2D eigenvalue weighted by Crippen LogP contribution is 2.48. The molecule has 0 spiro atoms. The molecule has 0 saturated heterocycles. The van der Waals surface area contributed by atoms with Crippen molar-refractivity contribution in [1.29, 1.82) is 0 Å². The monoisotopic (exact) mass is 406 g/mol. The average Bonchev–Trinajstić information content (AvgIpc) is 2.70. The maximum atomic E-state index is 13.3. The summed E-state index contributed by atoms with van der Waals surface area (Å²) in [4.78, 5) is 12.3. The van der Waals surface area contributed by atoms with Crippen molar-refractivity contribution in [3.8, 4) is 0 Å². The van der Waals surface area contributed by atoms with Crippen molar-refractivity contribution < 1.29 is 18.0 Å². The van der Waals surface area contributed by atoms with Gasteiger partial charge in [0.2, 0.25) is 0 Å². The lowest BCUT2D eigenvalue weighted by molar-refractivity contribution is -0.162. The van der Waals surface area contributed by atoms with Gasteiger partial charge in [0.15, 0.2) is 0 Å². The third kappa shape index (κ3) is 3.60. The predicted octanol–water partition coefficient (Wildman–Crippen LogP) is 4.48. The Kier molecular flexibility index (Phi) is 5.59. The quantitative estimate of drug-likeness (QED) is 0.584. The minimum Gasteiger partial charge on any atom is -0.283 e. The van der Waals surface area contributed by atoms with Gasteiger partial charge in [-0.3, -0.25) is 4.79 Å². The fourth-order valence-electron chi connectivity index (χ4n) is 3.01. The Hall–Kier alpha value is -2.29. The number of benzene rings is 3. The summed E-state index contributed by atoms with van der Waals surface area (Å²) < 4.78 is 39.3. The van der Waals surface area contributed by atoms with Gasteiger partial charge in [-0.15, -0.1) is 0 Å². The van der Waals surface area contributed by atoms with Gasteiger partial charge in [-0.1, -0.05) is 103 Å². The molecule has 3 aromatic carbocycles. The van der Waals surface area contributed by atoms with Gasteiger partial charge in [0.05, 0.1) is 0 Å². The standard InChI is InChI=1S/C21H15ClF3OP/c22-20(19(26)21(23,24)25)27(16-10-4-1-5-11-16,17-12-6-2-7-13-17)18-14-8-3-9-15-18/h1-15H. The molecule has 0 amide bonds. The molecule has 27 heavy (non-hydrogen) atoms. The van der Waals surface area contributed by atoms with Crippen LogP contribution in [-0.2, 0) is 4.79 Å². The van der Waals surface area contributed by atoms with Crippen molar-refractivity contribution in [2.24, 2.45) is 0 Å². The number of rotatable bonds is 4. The number of halogens is 4. The van der Waals surface area contributed by atoms with E-state index in [1.54, 1.807) is 91.0 Å². The van der Waals surface area contributed by atoms with Crippen LogP contribution in [0.3, 0.4) is 0 Å². The summed E-state index contributed by atoms with van der Waals surface area (Å²) in [5.74, 6) is -2.01. The van der Waals surface area contributed by atoms with Crippen LogP contribution in [0, 0.1) is 0 Å². The second-order valence-electron chi connectivity index (χ2n) is 5.80. The Balaban J connectivity index is 2.54. The van der Waals surface area contributed by atoms with Gasteiger partial charge in [0.1, 0.15) is 4.75 Å². The summed E-state index contributed by atoms with van der Waals surface area (Å²) >= 11 is 6.34. The van der Waals surface area contributed by atoms with E-state index < -0.39 is 23.6 Å². The molecule has 0 unspecified atom stereocenters. The molecule has 0 bridgehead atoms. The highest BCUT2D eigenvalue weighted by molar-refractivity contribution is 7.98. The number of hydrogen-bond donors (Lipinski definition) is 0. The van der Waals surface area contributed by atoms with Crippen molar-refractivity contribution >= 4 is 44.9 Å². The van der Waals surface area contributed by atoms with E-state index in [0.717, 1.165) is 0 Å². The molecule has 1 nitrogen and oxygen atoms in total. The Labute approximate surface area is 160 Å². The number of carbonyl (C=O) groups excluding carboxylic acids is 1.